The Labute approximate surface area is 200 Å². The van der Waals surface area contributed by atoms with Crippen LogP contribution in [0, 0.1) is 5.41 Å². The molecule has 1 N–H and O–H groups in total. The Morgan fingerprint density at radius 3 is 2.56 bits per heavy atom. The number of imidazole rings is 1. The van der Waals surface area contributed by atoms with Crippen LogP contribution in [0.25, 0.3) is 16.9 Å². The van der Waals surface area contributed by atoms with Crippen LogP contribution in [0.1, 0.15) is 19.4 Å². The third-order valence-corrected chi connectivity index (χ3v) is 6.25. The molecular formula is C25H23BrClN3O2. The monoisotopic (exact) mass is 511 g/mol. The Hall–Kier alpha value is -2.83. The van der Waals surface area contributed by atoms with Crippen molar-refractivity contribution >= 4 is 45.0 Å². The van der Waals surface area contributed by atoms with Crippen LogP contribution in [0.15, 0.2) is 77.4 Å². The molecule has 2 aromatic heterocycles. The van der Waals surface area contributed by atoms with Crippen molar-refractivity contribution in [3.8, 4) is 17.0 Å². The number of carbonyl (C=O) groups is 1. The Kier molecular flexibility index (Phi) is 6.53. The molecule has 0 atom stereocenters. The summed E-state index contributed by atoms with van der Waals surface area (Å²) in [4.78, 5) is 17.6. The van der Waals surface area contributed by atoms with Crippen molar-refractivity contribution in [2.45, 2.75) is 20.4 Å². The summed E-state index contributed by atoms with van der Waals surface area (Å²) in [6.07, 6.45) is 1.96. The molecule has 0 aliphatic rings. The third kappa shape index (κ3) is 4.66. The van der Waals surface area contributed by atoms with Crippen LogP contribution in [0.3, 0.4) is 0 Å². The van der Waals surface area contributed by atoms with Crippen LogP contribution in [-0.4, -0.2) is 21.2 Å². The number of para-hydroxylation sites is 1. The number of fused-ring (bicyclic) bond motifs is 1. The van der Waals surface area contributed by atoms with Gasteiger partial charge in [-0.2, -0.15) is 0 Å². The lowest BCUT2D eigenvalue weighted by atomic mass is 9.97. The minimum Gasteiger partial charge on any atom is -0.425 e. The first-order valence-electron chi connectivity index (χ1n) is 10.2. The van der Waals surface area contributed by atoms with Crippen LogP contribution in [-0.2, 0) is 11.3 Å². The van der Waals surface area contributed by atoms with Crippen LogP contribution in [0.2, 0.25) is 0 Å². The van der Waals surface area contributed by atoms with Gasteiger partial charge in [0, 0.05) is 28.7 Å². The number of nitrogens with zero attached hydrogens (tertiary/aromatic N) is 2. The largest absolute Gasteiger partial charge is 0.425 e. The maximum atomic E-state index is 12.7. The van der Waals surface area contributed by atoms with Crippen molar-refractivity contribution in [2.75, 3.05) is 11.2 Å². The van der Waals surface area contributed by atoms with Crippen LogP contribution in [0.4, 0.5) is 5.82 Å². The molecule has 0 bridgehead atoms. The number of ether oxygens (including phenoxy) is 1. The number of rotatable bonds is 7. The number of hydrogen-bond donors (Lipinski definition) is 1. The zero-order valence-electron chi connectivity index (χ0n) is 17.8. The van der Waals surface area contributed by atoms with Gasteiger partial charge in [0.15, 0.2) is 0 Å². The molecule has 32 heavy (non-hydrogen) atoms. The number of pyridine rings is 1. The predicted molar refractivity (Wildman–Crippen MR) is 132 cm³/mol. The normalized spacial score (nSPS) is 11.5. The smallest absolute Gasteiger partial charge is 0.318 e. The highest BCUT2D eigenvalue weighted by Crippen LogP contribution is 2.37. The number of anilines is 1. The Bertz CT molecular complexity index is 1250. The number of alkyl halides is 1. The summed E-state index contributed by atoms with van der Waals surface area (Å²) in [7, 11) is 0. The second-order valence-corrected chi connectivity index (χ2v) is 9.31. The van der Waals surface area contributed by atoms with Gasteiger partial charge in [0.1, 0.15) is 22.9 Å². The molecule has 0 amide bonds. The third-order valence-electron chi connectivity index (χ3n) is 5.12. The highest BCUT2D eigenvalue weighted by Gasteiger charge is 2.30. The summed E-state index contributed by atoms with van der Waals surface area (Å²) in [5.41, 5.74) is 2.55. The summed E-state index contributed by atoms with van der Waals surface area (Å²) < 4.78 is 8.70. The lowest BCUT2D eigenvalue weighted by molar-refractivity contribution is -0.142. The molecule has 0 aliphatic carbocycles. The lowest BCUT2D eigenvalue weighted by Crippen LogP contribution is -2.30. The van der Waals surface area contributed by atoms with E-state index in [2.05, 4.69) is 33.4 Å². The number of benzene rings is 2. The molecule has 2 aromatic carbocycles. The van der Waals surface area contributed by atoms with Crippen molar-refractivity contribution in [2.24, 2.45) is 5.41 Å². The van der Waals surface area contributed by atoms with Gasteiger partial charge in [0.2, 0.25) is 0 Å². The predicted octanol–water partition coefficient (Wildman–Crippen LogP) is 6.55. The molecule has 7 heteroatoms. The number of nitrogens with one attached hydrogen (secondary N) is 1. The summed E-state index contributed by atoms with van der Waals surface area (Å²) in [5, 5.41) is 3.52. The number of halogens is 2. The van der Waals surface area contributed by atoms with Crippen LogP contribution >= 0.6 is 27.5 Å². The van der Waals surface area contributed by atoms with E-state index in [1.54, 1.807) is 19.9 Å². The van der Waals surface area contributed by atoms with Gasteiger partial charge in [0.25, 0.3) is 0 Å². The molecule has 4 rings (SSSR count). The van der Waals surface area contributed by atoms with E-state index in [9.17, 15) is 4.79 Å². The quantitative estimate of drug-likeness (QED) is 0.173. The topological polar surface area (TPSA) is 55.6 Å². The molecule has 0 fully saturated rings. The first kappa shape index (κ1) is 22.4. The molecule has 0 spiro atoms. The van der Waals surface area contributed by atoms with Gasteiger partial charge >= 0.3 is 5.97 Å². The second kappa shape index (κ2) is 9.35. The fourth-order valence-corrected chi connectivity index (χ4v) is 3.65. The van der Waals surface area contributed by atoms with E-state index in [4.69, 9.17) is 21.3 Å². The highest BCUT2D eigenvalue weighted by molar-refractivity contribution is 9.10. The molecule has 0 saturated carbocycles. The Balaban J connectivity index is 1.78. The second-order valence-electron chi connectivity index (χ2n) is 8.13. The zero-order valence-corrected chi connectivity index (χ0v) is 20.2. The van der Waals surface area contributed by atoms with Gasteiger partial charge in [-0.05, 0) is 59.6 Å². The molecule has 4 aromatic rings. The van der Waals surface area contributed by atoms with Gasteiger partial charge in [-0.15, -0.1) is 11.6 Å². The maximum Gasteiger partial charge on any atom is 0.318 e. The van der Waals surface area contributed by atoms with Crippen molar-refractivity contribution in [1.82, 2.24) is 9.38 Å². The molecule has 0 radical (unpaired) electrons. The molecule has 0 unspecified atom stereocenters. The standard InChI is InChI=1S/C25H23BrClN3O2/c1-25(2,16-27)24(31)32-20-11-7-6-10-19(20)22-23(28-14-17-8-4-3-5-9-17)30-15-18(26)12-13-21(30)29-22/h3-13,15,28H,14,16H2,1-2H3. The van der Waals surface area contributed by atoms with E-state index in [-0.39, 0.29) is 11.8 Å². The summed E-state index contributed by atoms with van der Waals surface area (Å²) in [5.74, 6) is 1.04. The number of aromatic nitrogens is 2. The van der Waals surface area contributed by atoms with E-state index in [0.717, 1.165) is 27.1 Å². The average molecular weight is 513 g/mol. The lowest BCUT2D eigenvalue weighted by Gasteiger charge is -2.20. The SMILES string of the molecule is CC(C)(CCl)C(=O)Oc1ccccc1-c1nc2ccc(Br)cn2c1NCc1ccccc1. The van der Waals surface area contributed by atoms with Crippen molar-refractivity contribution in [3.05, 3.63) is 83.0 Å². The number of carbonyl (C=O) groups excluding carboxylic acids is 1. The van der Waals surface area contributed by atoms with Gasteiger partial charge in [-0.1, -0.05) is 42.5 Å². The van der Waals surface area contributed by atoms with Gasteiger partial charge in [0.05, 0.1) is 5.41 Å². The summed E-state index contributed by atoms with van der Waals surface area (Å²) in [6, 6.07) is 21.4. The van der Waals surface area contributed by atoms with Crippen LogP contribution in [0.5, 0.6) is 5.75 Å². The van der Waals surface area contributed by atoms with Crippen molar-refractivity contribution in [3.63, 3.8) is 0 Å². The van der Waals surface area contributed by atoms with Gasteiger partial charge < -0.3 is 10.1 Å². The average Bonchev–Trinajstić information content (AvgIpc) is 3.16. The van der Waals surface area contributed by atoms with Gasteiger partial charge in [-0.25, -0.2) is 4.98 Å². The van der Waals surface area contributed by atoms with E-state index in [1.807, 2.05) is 59.1 Å². The van der Waals surface area contributed by atoms with Crippen molar-refractivity contribution in [1.29, 1.82) is 0 Å². The molecule has 0 aliphatic heterocycles. The molecule has 164 valence electrons. The first-order chi connectivity index (χ1) is 15.4. The van der Waals surface area contributed by atoms with Crippen molar-refractivity contribution < 1.29 is 9.53 Å². The highest BCUT2D eigenvalue weighted by atomic mass is 79.9. The molecular weight excluding hydrogens is 490 g/mol. The zero-order chi connectivity index (χ0) is 22.7. The fourth-order valence-electron chi connectivity index (χ4n) is 3.20. The maximum absolute atomic E-state index is 12.7. The van der Waals surface area contributed by atoms with E-state index < -0.39 is 5.41 Å². The van der Waals surface area contributed by atoms with E-state index in [1.165, 1.54) is 0 Å². The van der Waals surface area contributed by atoms with E-state index >= 15 is 0 Å². The van der Waals surface area contributed by atoms with Crippen LogP contribution < -0.4 is 10.1 Å². The molecule has 0 saturated heterocycles. The first-order valence-corrected chi connectivity index (χ1v) is 11.5. The minimum atomic E-state index is -0.799. The number of esters is 1. The Morgan fingerprint density at radius 1 is 1.09 bits per heavy atom. The minimum absolute atomic E-state index is 0.167. The van der Waals surface area contributed by atoms with E-state index in [0.29, 0.717) is 18.0 Å². The number of hydrogen-bond acceptors (Lipinski definition) is 4. The summed E-state index contributed by atoms with van der Waals surface area (Å²) >= 11 is 9.52. The molecule has 5 nitrogen and oxygen atoms in total. The summed E-state index contributed by atoms with van der Waals surface area (Å²) in [6.45, 7) is 4.15. The molecule has 2 heterocycles. The fraction of sp³-hybridized carbons (Fsp3) is 0.200. The van der Waals surface area contributed by atoms with Gasteiger partial charge in [-0.3, -0.25) is 9.20 Å². The Morgan fingerprint density at radius 2 is 1.81 bits per heavy atom.